The smallest absolute Gasteiger partial charge is 0.112 e. The van der Waals surface area contributed by atoms with Crippen LogP contribution in [0.1, 0.15) is 6.92 Å². The van der Waals surface area contributed by atoms with Gasteiger partial charge in [-0.3, -0.25) is 0 Å². The molecule has 0 bridgehead atoms. The summed E-state index contributed by atoms with van der Waals surface area (Å²) in [7, 11) is 0.599. The molecule has 0 spiro atoms. The molecule has 0 saturated heterocycles. The Balaban J connectivity index is 4.12. The zero-order valence-electron chi connectivity index (χ0n) is 5.23. The van der Waals surface area contributed by atoms with E-state index in [1.165, 1.54) is 6.08 Å². The molecule has 0 amide bonds. The Labute approximate surface area is 52.2 Å². The number of rotatable bonds is 2. The van der Waals surface area contributed by atoms with Crippen molar-refractivity contribution < 1.29 is 5.11 Å². The summed E-state index contributed by atoms with van der Waals surface area (Å²) in [6.07, 6.45) is 1.38. The SMILES string of the molecule is C=CC(C)(O)C(=N)[SiH3]. The monoisotopic (exact) mass is 129 g/mol. The quantitative estimate of drug-likeness (QED) is 0.288. The zero-order chi connectivity index (χ0) is 6.78. The fraction of sp³-hybridized carbons (Fsp3) is 0.400. The second-order valence-electron chi connectivity index (χ2n) is 1.98. The van der Waals surface area contributed by atoms with Crippen LogP contribution in [-0.2, 0) is 0 Å². The zero-order valence-corrected chi connectivity index (χ0v) is 7.23. The lowest BCUT2D eigenvalue weighted by molar-refractivity contribution is 0.187. The second kappa shape index (κ2) is 2.24. The van der Waals surface area contributed by atoms with Gasteiger partial charge in [0, 0.05) is 5.33 Å². The van der Waals surface area contributed by atoms with Crippen molar-refractivity contribution in [3.63, 3.8) is 0 Å². The third kappa shape index (κ3) is 1.59. The van der Waals surface area contributed by atoms with Crippen molar-refractivity contribution in [2.45, 2.75) is 12.5 Å². The van der Waals surface area contributed by atoms with Crippen LogP contribution in [-0.4, -0.2) is 26.3 Å². The minimum Gasteiger partial charge on any atom is -0.381 e. The maximum atomic E-state index is 9.09. The van der Waals surface area contributed by atoms with Crippen LogP contribution in [0.4, 0.5) is 0 Å². The maximum Gasteiger partial charge on any atom is 0.112 e. The summed E-state index contributed by atoms with van der Waals surface area (Å²) in [5, 5.41) is 16.5. The van der Waals surface area contributed by atoms with Crippen molar-refractivity contribution in [2.75, 3.05) is 0 Å². The minimum absolute atomic E-state index is 0.354. The van der Waals surface area contributed by atoms with E-state index < -0.39 is 5.60 Å². The van der Waals surface area contributed by atoms with Crippen molar-refractivity contribution in [3.05, 3.63) is 12.7 Å². The average molecular weight is 129 g/mol. The van der Waals surface area contributed by atoms with E-state index in [1.807, 2.05) is 0 Å². The molecule has 0 fully saturated rings. The Morgan fingerprint density at radius 3 is 2.38 bits per heavy atom. The summed E-state index contributed by atoms with van der Waals surface area (Å²) in [5.74, 6) is 0. The molecule has 0 heterocycles. The number of hydrogen-bond acceptors (Lipinski definition) is 2. The van der Waals surface area contributed by atoms with Crippen LogP contribution in [0.15, 0.2) is 12.7 Å². The minimum atomic E-state index is -1.05. The molecule has 0 rings (SSSR count). The Morgan fingerprint density at radius 2 is 2.38 bits per heavy atom. The van der Waals surface area contributed by atoms with E-state index in [0.717, 1.165) is 0 Å². The Bertz CT molecular complexity index is 120. The van der Waals surface area contributed by atoms with Gasteiger partial charge in [0.05, 0.1) is 10.2 Å². The molecule has 0 aromatic carbocycles. The Kier molecular flexibility index (Phi) is 2.12. The van der Waals surface area contributed by atoms with E-state index in [9.17, 15) is 0 Å². The van der Waals surface area contributed by atoms with Gasteiger partial charge in [-0.2, -0.15) is 0 Å². The first-order chi connectivity index (χ1) is 3.50. The highest BCUT2D eigenvalue weighted by Crippen LogP contribution is 2.02. The van der Waals surface area contributed by atoms with Gasteiger partial charge >= 0.3 is 0 Å². The van der Waals surface area contributed by atoms with Gasteiger partial charge in [-0.15, -0.1) is 0 Å². The third-order valence-corrected chi connectivity index (χ3v) is 2.17. The average Bonchev–Trinajstić information content (AvgIpc) is 1.67. The lowest BCUT2D eigenvalue weighted by Gasteiger charge is -2.15. The summed E-state index contributed by atoms with van der Waals surface area (Å²) in [5.41, 5.74) is -1.05. The molecule has 0 radical (unpaired) electrons. The first-order valence-electron chi connectivity index (χ1n) is 2.42. The van der Waals surface area contributed by atoms with Crippen LogP contribution < -0.4 is 0 Å². The topological polar surface area (TPSA) is 44.1 Å². The Morgan fingerprint density at radius 1 is 2.00 bits per heavy atom. The molecule has 0 aliphatic heterocycles. The molecule has 0 aliphatic carbocycles. The van der Waals surface area contributed by atoms with Gasteiger partial charge in [0.25, 0.3) is 0 Å². The fourth-order valence-corrected chi connectivity index (χ4v) is 0.357. The van der Waals surface area contributed by atoms with E-state index >= 15 is 0 Å². The van der Waals surface area contributed by atoms with Gasteiger partial charge in [0.1, 0.15) is 5.60 Å². The lowest BCUT2D eigenvalue weighted by atomic mass is 10.1. The summed E-state index contributed by atoms with van der Waals surface area (Å²) in [4.78, 5) is 0. The van der Waals surface area contributed by atoms with Crippen LogP contribution in [0.5, 0.6) is 0 Å². The van der Waals surface area contributed by atoms with Gasteiger partial charge < -0.3 is 10.5 Å². The molecule has 8 heavy (non-hydrogen) atoms. The standard InChI is InChI=1S/C5H11NOSi/c1-3-5(2,7)4(6)8/h3,6-7H,1H2,2,8H3. The van der Waals surface area contributed by atoms with E-state index in [-0.39, 0.29) is 0 Å². The van der Waals surface area contributed by atoms with Gasteiger partial charge in [0.15, 0.2) is 0 Å². The van der Waals surface area contributed by atoms with Crippen LogP contribution >= 0.6 is 0 Å². The maximum absolute atomic E-state index is 9.09. The normalized spacial score (nSPS) is 17.2. The first-order valence-corrected chi connectivity index (χ1v) is 3.42. The van der Waals surface area contributed by atoms with Crippen LogP contribution in [0.25, 0.3) is 0 Å². The molecule has 1 unspecified atom stereocenters. The second-order valence-corrected chi connectivity index (χ2v) is 2.98. The number of aliphatic hydroxyl groups is 1. The summed E-state index contributed by atoms with van der Waals surface area (Å²) in [6, 6.07) is 0. The molecule has 0 aliphatic rings. The first kappa shape index (κ1) is 7.59. The van der Waals surface area contributed by atoms with Crippen LogP contribution in [0.3, 0.4) is 0 Å². The van der Waals surface area contributed by atoms with Crippen molar-refractivity contribution in [2.24, 2.45) is 0 Å². The van der Waals surface area contributed by atoms with E-state index in [4.69, 9.17) is 10.5 Å². The van der Waals surface area contributed by atoms with Gasteiger partial charge in [-0.25, -0.2) is 0 Å². The molecular weight excluding hydrogens is 118 g/mol. The molecule has 0 aromatic heterocycles. The van der Waals surface area contributed by atoms with Crippen LogP contribution in [0, 0.1) is 5.41 Å². The highest BCUT2D eigenvalue weighted by molar-refractivity contribution is 6.61. The summed E-state index contributed by atoms with van der Waals surface area (Å²) >= 11 is 0. The van der Waals surface area contributed by atoms with E-state index in [0.29, 0.717) is 15.6 Å². The molecule has 3 heteroatoms. The van der Waals surface area contributed by atoms with E-state index in [1.54, 1.807) is 6.92 Å². The summed E-state index contributed by atoms with van der Waals surface area (Å²) < 4.78 is 0. The number of nitrogens with one attached hydrogen (secondary N) is 1. The molecule has 1 atom stereocenters. The largest absolute Gasteiger partial charge is 0.381 e. The Hall–Kier alpha value is -0.413. The molecule has 0 saturated carbocycles. The van der Waals surface area contributed by atoms with Crippen molar-refractivity contribution in [1.29, 1.82) is 5.41 Å². The van der Waals surface area contributed by atoms with Gasteiger partial charge in [0.2, 0.25) is 0 Å². The molecule has 46 valence electrons. The van der Waals surface area contributed by atoms with Gasteiger partial charge in [-0.1, -0.05) is 12.7 Å². The fourth-order valence-electron chi connectivity index (χ4n) is 0.153. The van der Waals surface area contributed by atoms with Crippen molar-refractivity contribution in [1.82, 2.24) is 0 Å². The molecule has 2 N–H and O–H groups in total. The highest BCUT2D eigenvalue weighted by Gasteiger charge is 2.16. The van der Waals surface area contributed by atoms with E-state index in [2.05, 4.69) is 6.58 Å². The highest BCUT2D eigenvalue weighted by atomic mass is 28.1. The predicted molar refractivity (Wildman–Crippen MR) is 38.5 cm³/mol. The molecule has 0 aromatic rings. The molecular formula is C5H11NOSi. The van der Waals surface area contributed by atoms with Crippen molar-refractivity contribution >= 4 is 15.6 Å². The van der Waals surface area contributed by atoms with Crippen LogP contribution in [0.2, 0.25) is 0 Å². The van der Waals surface area contributed by atoms with Crippen molar-refractivity contribution in [3.8, 4) is 0 Å². The lowest BCUT2D eigenvalue weighted by Crippen LogP contribution is -2.31. The predicted octanol–water partition coefficient (Wildman–Crippen LogP) is -0.734. The molecule has 2 nitrogen and oxygen atoms in total. The summed E-state index contributed by atoms with van der Waals surface area (Å²) in [6.45, 7) is 4.95. The van der Waals surface area contributed by atoms with Gasteiger partial charge in [-0.05, 0) is 6.92 Å². The third-order valence-electron chi connectivity index (χ3n) is 1.16. The number of hydrogen-bond donors (Lipinski definition) is 2.